The summed E-state index contributed by atoms with van der Waals surface area (Å²) in [5, 5.41) is 3.63. The molecule has 0 aromatic heterocycles. The number of nitrogens with one attached hydrogen (secondary N) is 1. The average Bonchev–Trinajstić information content (AvgIpc) is 2.66. The topological polar surface area (TPSA) is 58.4 Å². The first-order valence-electron chi connectivity index (χ1n) is 6.95. The highest BCUT2D eigenvalue weighted by molar-refractivity contribution is 5.75. The van der Waals surface area contributed by atoms with Gasteiger partial charge in [-0.25, -0.2) is 0 Å². The number of amides is 1. The maximum absolute atomic E-state index is 11.4. The molecule has 4 heteroatoms. The van der Waals surface area contributed by atoms with E-state index < -0.39 is 0 Å². The number of hydrogen-bond donors (Lipinski definition) is 2. The number of carbonyl (C=O) groups is 1. The maximum Gasteiger partial charge on any atom is 0.219 e. The van der Waals surface area contributed by atoms with Gasteiger partial charge in [0, 0.05) is 24.5 Å². The molecule has 3 N–H and O–H groups in total. The molecule has 2 atom stereocenters. The highest BCUT2D eigenvalue weighted by Crippen LogP contribution is 2.37. The van der Waals surface area contributed by atoms with Crippen LogP contribution in [0.4, 0.5) is 0 Å². The van der Waals surface area contributed by atoms with E-state index >= 15 is 0 Å². The largest absolute Gasteiger partial charge is 0.370 e. The van der Waals surface area contributed by atoms with Gasteiger partial charge in [-0.2, -0.15) is 0 Å². The SMILES string of the molecule is CCCNC1(CC(N)=O)CCN2CCCCC21. The second-order valence-electron chi connectivity index (χ2n) is 5.52. The minimum atomic E-state index is -0.166. The van der Waals surface area contributed by atoms with Crippen LogP contribution in [0.5, 0.6) is 0 Å². The Bertz CT molecular complexity index is 282. The van der Waals surface area contributed by atoms with Crippen molar-refractivity contribution in [1.82, 2.24) is 10.2 Å². The first-order chi connectivity index (χ1) is 8.18. The van der Waals surface area contributed by atoms with E-state index in [1.165, 1.54) is 25.8 Å². The second kappa shape index (κ2) is 5.36. The molecule has 4 nitrogen and oxygen atoms in total. The number of hydrogen-bond acceptors (Lipinski definition) is 3. The molecule has 1 amide bonds. The summed E-state index contributed by atoms with van der Waals surface area (Å²) in [5.41, 5.74) is 5.41. The number of carbonyl (C=O) groups excluding carboxylic acids is 1. The van der Waals surface area contributed by atoms with E-state index in [0.29, 0.717) is 12.5 Å². The zero-order valence-corrected chi connectivity index (χ0v) is 10.9. The number of piperidine rings is 1. The quantitative estimate of drug-likeness (QED) is 0.748. The summed E-state index contributed by atoms with van der Waals surface area (Å²) in [7, 11) is 0. The van der Waals surface area contributed by atoms with E-state index in [2.05, 4.69) is 17.1 Å². The summed E-state index contributed by atoms with van der Waals surface area (Å²) >= 11 is 0. The number of primary amides is 1. The van der Waals surface area contributed by atoms with Gasteiger partial charge in [0.1, 0.15) is 0 Å². The summed E-state index contributed by atoms with van der Waals surface area (Å²) in [4.78, 5) is 13.9. The molecule has 2 fully saturated rings. The molecule has 0 saturated carbocycles. The average molecular weight is 239 g/mol. The van der Waals surface area contributed by atoms with Crippen LogP contribution in [0.1, 0.15) is 45.4 Å². The number of nitrogens with two attached hydrogens (primary N) is 1. The molecule has 0 radical (unpaired) electrons. The second-order valence-corrected chi connectivity index (χ2v) is 5.52. The van der Waals surface area contributed by atoms with Crippen molar-refractivity contribution in [2.75, 3.05) is 19.6 Å². The summed E-state index contributed by atoms with van der Waals surface area (Å²) in [6, 6.07) is 0.523. The van der Waals surface area contributed by atoms with E-state index in [1.807, 2.05) is 0 Å². The van der Waals surface area contributed by atoms with Gasteiger partial charge < -0.3 is 11.1 Å². The molecule has 2 rings (SSSR count). The van der Waals surface area contributed by atoms with Gasteiger partial charge >= 0.3 is 0 Å². The van der Waals surface area contributed by atoms with Crippen molar-refractivity contribution in [3.63, 3.8) is 0 Å². The van der Waals surface area contributed by atoms with Crippen LogP contribution in [0.2, 0.25) is 0 Å². The standard InChI is InChI=1S/C13H25N3O/c1-2-7-15-13(10-12(14)17)6-9-16-8-4-3-5-11(13)16/h11,15H,2-10H2,1H3,(H2,14,17). The lowest BCUT2D eigenvalue weighted by Gasteiger charge is -2.41. The lowest BCUT2D eigenvalue weighted by Crippen LogP contribution is -2.57. The Labute approximate surface area is 104 Å². The molecular formula is C13H25N3O. The molecule has 0 aromatic rings. The molecule has 2 heterocycles. The van der Waals surface area contributed by atoms with Crippen molar-refractivity contribution in [1.29, 1.82) is 0 Å². The Morgan fingerprint density at radius 3 is 3.00 bits per heavy atom. The van der Waals surface area contributed by atoms with Gasteiger partial charge in [-0.05, 0) is 38.8 Å². The minimum absolute atomic E-state index is 0.0394. The van der Waals surface area contributed by atoms with Crippen molar-refractivity contribution in [3.05, 3.63) is 0 Å². The minimum Gasteiger partial charge on any atom is -0.370 e. The van der Waals surface area contributed by atoms with E-state index in [4.69, 9.17) is 5.73 Å². The lowest BCUT2D eigenvalue weighted by molar-refractivity contribution is -0.119. The fourth-order valence-electron chi connectivity index (χ4n) is 3.55. The van der Waals surface area contributed by atoms with E-state index in [-0.39, 0.29) is 11.4 Å². The summed E-state index contributed by atoms with van der Waals surface area (Å²) < 4.78 is 0. The summed E-state index contributed by atoms with van der Waals surface area (Å²) in [6.07, 6.45) is 6.47. The molecule has 0 bridgehead atoms. The molecule has 17 heavy (non-hydrogen) atoms. The summed E-state index contributed by atoms with van der Waals surface area (Å²) in [6.45, 7) is 5.46. The van der Waals surface area contributed by atoms with Crippen LogP contribution in [0, 0.1) is 0 Å². The molecule has 2 unspecified atom stereocenters. The van der Waals surface area contributed by atoms with Gasteiger partial charge in [0.2, 0.25) is 5.91 Å². The van der Waals surface area contributed by atoms with Crippen LogP contribution in [0.15, 0.2) is 0 Å². The van der Waals surface area contributed by atoms with Crippen molar-refractivity contribution < 1.29 is 4.79 Å². The van der Waals surface area contributed by atoms with Crippen LogP contribution < -0.4 is 11.1 Å². The van der Waals surface area contributed by atoms with Gasteiger partial charge in [-0.1, -0.05) is 13.3 Å². The lowest BCUT2D eigenvalue weighted by atomic mass is 9.82. The molecule has 98 valence electrons. The van der Waals surface area contributed by atoms with Crippen LogP contribution in [-0.4, -0.2) is 42.0 Å². The third-order valence-corrected chi connectivity index (χ3v) is 4.31. The molecule has 0 aromatic carbocycles. The predicted octanol–water partition coefficient (Wildman–Crippen LogP) is 0.858. The summed E-state index contributed by atoms with van der Waals surface area (Å²) in [5.74, 6) is -0.166. The Morgan fingerprint density at radius 1 is 1.47 bits per heavy atom. The van der Waals surface area contributed by atoms with E-state index in [9.17, 15) is 4.79 Å². The first-order valence-corrected chi connectivity index (χ1v) is 6.95. The molecule has 0 aliphatic carbocycles. The molecule has 2 saturated heterocycles. The normalized spacial score (nSPS) is 33.6. The highest BCUT2D eigenvalue weighted by Gasteiger charge is 2.48. The van der Waals surface area contributed by atoms with Crippen LogP contribution in [0.25, 0.3) is 0 Å². The number of rotatable bonds is 5. The van der Waals surface area contributed by atoms with Crippen molar-refractivity contribution in [2.24, 2.45) is 5.73 Å². The molecular weight excluding hydrogens is 214 g/mol. The Morgan fingerprint density at radius 2 is 2.29 bits per heavy atom. The number of nitrogens with zero attached hydrogens (tertiary/aromatic N) is 1. The highest BCUT2D eigenvalue weighted by atomic mass is 16.1. The zero-order valence-electron chi connectivity index (χ0n) is 10.9. The van der Waals surface area contributed by atoms with Crippen LogP contribution >= 0.6 is 0 Å². The van der Waals surface area contributed by atoms with Gasteiger partial charge in [0.25, 0.3) is 0 Å². The molecule has 0 spiro atoms. The van der Waals surface area contributed by atoms with Gasteiger partial charge in [-0.15, -0.1) is 0 Å². The van der Waals surface area contributed by atoms with Crippen LogP contribution in [0.3, 0.4) is 0 Å². The monoisotopic (exact) mass is 239 g/mol. The van der Waals surface area contributed by atoms with Crippen molar-refractivity contribution in [2.45, 2.75) is 57.0 Å². The molecule has 2 aliphatic heterocycles. The van der Waals surface area contributed by atoms with Gasteiger partial charge in [-0.3, -0.25) is 9.69 Å². The first kappa shape index (κ1) is 12.8. The van der Waals surface area contributed by atoms with Gasteiger partial charge in [0.15, 0.2) is 0 Å². The smallest absolute Gasteiger partial charge is 0.219 e. The van der Waals surface area contributed by atoms with Crippen LogP contribution in [-0.2, 0) is 4.79 Å². The Hall–Kier alpha value is -0.610. The maximum atomic E-state index is 11.4. The van der Waals surface area contributed by atoms with E-state index in [1.54, 1.807) is 0 Å². The van der Waals surface area contributed by atoms with Gasteiger partial charge in [0.05, 0.1) is 0 Å². The predicted molar refractivity (Wildman–Crippen MR) is 68.7 cm³/mol. The third-order valence-electron chi connectivity index (χ3n) is 4.31. The molecule has 2 aliphatic rings. The zero-order chi connectivity index (χ0) is 12.3. The van der Waals surface area contributed by atoms with Crippen molar-refractivity contribution >= 4 is 5.91 Å². The van der Waals surface area contributed by atoms with Crippen molar-refractivity contribution in [3.8, 4) is 0 Å². The Balaban J connectivity index is 2.11. The number of fused-ring (bicyclic) bond motifs is 1. The fourth-order valence-corrected chi connectivity index (χ4v) is 3.55. The third kappa shape index (κ3) is 2.63. The Kier molecular flexibility index (Phi) is 4.05. The van der Waals surface area contributed by atoms with E-state index in [0.717, 1.165) is 25.9 Å². The fraction of sp³-hybridized carbons (Fsp3) is 0.923.